The summed E-state index contributed by atoms with van der Waals surface area (Å²) in [6.45, 7) is 1.65. The molecule has 1 aromatic carbocycles. The number of rotatable bonds is 4. The summed E-state index contributed by atoms with van der Waals surface area (Å²) in [5.41, 5.74) is 2.78. The minimum atomic E-state index is -0.176. The van der Waals surface area contributed by atoms with E-state index >= 15 is 0 Å². The molecule has 5 heteroatoms. The molecule has 1 atom stereocenters. The van der Waals surface area contributed by atoms with Crippen LogP contribution in [0.15, 0.2) is 59.4 Å². The van der Waals surface area contributed by atoms with Gasteiger partial charge >= 0.3 is 0 Å². The van der Waals surface area contributed by atoms with Gasteiger partial charge in [-0.2, -0.15) is 0 Å². The van der Waals surface area contributed by atoms with Gasteiger partial charge in [0.25, 0.3) is 0 Å². The number of likely N-dealkylation sites (tertiary alicyclic amines) is 1. The van der Waals surface area contributed by atoms with Crippen molar-refractivity contribution in [2.45, 2.75) is 38.3 Å². The normalized spacial score (nSPS) is 18.6. The molecular formula is C21H22FN3O. The van der Waals surface area contributed by atoms with Gasteiger partial charge in [0.05, 0.1) is 6.54 Å². The van der Waals surface area contributed by atoms with Gasteiger partial charge in [0.15, 0.2) is 5.76 Å². The second-order valence-corrected chi connectivity index (χ2v) is 6.81. The molecule has 0 aliphatic carbocycles. The predicted molar refractivity (Wildman–Crippen MR) is 97.8 cm³/mol. The Morgan fingerprint density at radius 3 is 2.92 bits per heavy atom. The first-order valence-corrected chi connectivity index (χ1v) is 9.15. The third kappa shape index (κ3) is 3.83. The van der Waals surface area contributed by atoms with Crippen LogP contribution in [-0.4, -0.2) is 21.6 Å². The molecule has 3 heterocycles. The highest BCUT2D eigenvalue weighted by Gasteiger charge is 2.24. The fourth-order valence-corrected chi connectivity index (χ4v) is 3.69. The van der Waals surface area contributed by atoms with Crippen LogP contribution >= 0.6 is 0 Å². The van der Waals surface area contributed by atoms with Gasteiger partial charge in [0.1, 0.15) is 11.5 Å². The number of nitrogens with zero attached hydrogens (tertiary/aromatic N) is 3. The minimum Gasteiger partial charge on any atom is -0.359 e. The van der Waals surface area contributed by atoms with Gasteiger partial charge in [-0.3, -0.25) is 9.88 Å². The highest BCUT2D eigenvalue weighted by Crippen LogP contribution is 2.32. The fourth-order valence-electron chi connectivity index (χ4n) is 3.69. The summed E-state index contributed by atoms with van der Waals surface area (Å²) >= 11 is 0. The average molecular weight is 351 g/mol. The third-order valence-corrected chi connectivity index (χ3v) is 4.97. The molecule has 26 heavy (non-hydrogen) atoms. The zero-order chi connectivity index (χ0) is 17.8. The number of aromatic nitrogens is 2. The number of benzene rings is 1. The van der Waals surface area contributed by atoms with Crippen LogP contribution < -0.4 is 0 Å². The molecule has 3 aromatic rings. The van der Waals surface area contributed by atoms with E-state index in [9.17, 15) is 4.39 Å². The smallest absolute Gasteiger partial charge is 0.151 e. The highest BCUT2D eigenvalue weighted by atomic mass is 19.1. The van der Waals surface area contributed by atoms with Crippen molar-refractivity contribution in [3.05, 3.63) is 72.0 Å². The Labute approximate surface area is 152 Å². The van der Waals surface area contributed by atoms with Crippen molar-refractivity contribution < 1.29 is 8.91 Å². The molecule has 0 saturated carbocycles. The molecule has 0 N–H and O–H groups in total. The Kier molecular flexibility index (Phi) is 5.07. The Morgan fingerprint density at radius 2 is 2.08 bits per heavy atom. The van der Waals surface area contributed by atoms with Crippen LogP contribution in [-0.2, 0) is 6.54 Å². The van der Waals surface area contributed by atoms with E-state index in [-0.39, 0.29) is 11.9 Å². The van der Waals surface area contributed by atoms with Crippen LogP contribution in [0.3, 0.4) is 0 Å². The lowest BCUT2D eigenvalue weighted by Crippen LogP contribution is -2.28. The zero-order valence-electron chi connectivity index (χ0n) is 14.6. The SMILES string of the molecule is Fc1cccc([C@H]2CCCCCN2Cc2cc(-c3cccnc3)no2)c1. The second kappa shape index (κ2) is 7.79. The molecule has 0 spiro atoms. The van der Waals surface area contributed by atoms with Crippen molar-refractivity contribution in [2.24, 2.45) is 0 Å². The monoisotopic (exact) mass is 351 g/mol. The van der Waals surface area contributed by atoms with E-state index in [0.717, 1.165) is 48.4 Å². The Hall–Kier alpha value is -2.53. The van der Waals surface area contributed by atoms with E-state index < -0.39 is 0 Å². The third-order valence-electron chi connectivity index (χ3n) is 4.97. The van der Waals surface area contributed by atoms with E-state index in [4.69, 9.17) is 4.52 Å². The van der Waals surface area contributed by atoms with E-state index in [1.54, 1.807) is 24.5 Å². The van der Waals surface area contributed by atoms with Crippen LogP contribution in [0.5, 0.6) is 0 Å². The van der Waals surface area contributed by atoms with Crippen LogP contribution in [0.25, 0.3) is 11.3 Å². The standard InChI is InChI=1S/C21H22FN3O/c22-18-8-4-6-16(12-18)21-9-2-1-3-11-25(21)15-19-13-20(24-26-19)17-7-5-10-23-14-17/h4-8,10,12-14,21H,1-3,9,11,15H2/t21-/m1/s1. The lowest BCUT2D eigenvalue weighted by Gasteiger charge is -2.29. The Morgan fingerprint density at radius 1 is 1.12 bits per heavy atom. The van der Waals surface area contributed by atoms with Crippen molar-refractivity contribution in [1.29, 1.82) is 0 Å². The lowest BCUT2D eigenvalue weighted by molar-refractivity contribution is 0.171. The van der Waals surface area contributed by atoms with Crippen LogP contribution in [0.4, 0.5) is 4.39 Å². The lowest BCUT2D eigenvalue weighted by atomic mass is 10.0. The molecule has 4 nitrogen and oxygen atoms in total. The van der Waals surface area contributed by atoms with E-state index in [1.807, 2.05) is 24.3 Å². The number of halogens is 1. The summed E-state index contributed by atoms with van der Waals surface area (Å²) in [5, 5.41) is 4.19. The fraction of sp³-hybridized carbons (Fsp3) is 0.333. The number of hydrogen-bond donors (Lipinski definition) is 0. The van der Waals surface area contributed by atoms with Crippen molar-refractivity contribution in [1.82, 2.24) is 15.0 Å². The highest BCUT2D eigenvalue weighted by molar-refractivity contribution is 5.57. The van der Waals surface area contributed by atoms with Crippen LogP contribution in [0, 0.1) is 5.82 Å². The topological polar surface area (TPSA) is 42.2 Å². The van der Waals surface area contributed by atoms with Gasteiger partial charge in [-0.1, -0.05) is 30.1 Å². The summed E-state index contributed by atoms with van der Waals surface area (Å²) in [6, 6.07) is 13.0. The zero-order valence-corrected chi connectivity index (χ0v) is 14.6. The quantitative estimate of drug-likeness (QED) is 0.664. The summed E-state index contributed by atoms with van der Waals surface area (Å²) in [7, 11) is 0. The molecule has 1 aliphatic rings. The molecule has 4 rings (SSSR count). The summed E-state index contributed by atoms with van der Waals surface area (Å²) < 4.78 is 19.3. The molecule has 2 aromatic heterocycles. The largest absolute Gasteiger partial charge is 0.359 e. The molecular weight excluding hydrogens is 329 g/mol. The molecule has 0 bridgehead atoms. The van der Waals surface area contributed by atoms with Gasteiger partial charge in [-0.05, 0) is 49.2 Å². The molecule has 1 saturated heterocycles. The van der Waals surface area contributed by atoms with Gasteiger partial charge in [0.2, 0.25) is 0 Å². The number of pyridine rings is 1. The maximum absolute atomic E-state index is 13.7. The summed E-state index contributed by atoms with van der Waals surface area (Å²) in [4.78, 5) is 6.51. The molecule has 0 radical (unpaired) electrons. The summed E-state index contributed by atoms with van der Waals surface area (Å²) in [6.07, 6.45) is 8.07. The summed E-state index contributed by atoms with van der Waals surface area (Å²) in [5.74, 6) is 0.650. The predicted octanol–water partition coefficient (Wildman–Crippen LogP) is 4.99. The first-order chi connectivity index (χ1) is 12.8. The van der Waals surface area contributed by atoms with E-state index in [1.165, 1.54) is 12.5 Å². The van der Waals surface area contributed by atoms with Crippen molar-refractivity contribution >= 4 is 0 Å². The Balaban J connectivity index is 1.55. The molecule has 0 unspecified atom stereocenters. The maximum Gasteiger partial charge on any atom is 0.151 e. The van der Waals surface area contributed by atoms with Crippen molar-refractivity contribution in [3.63, 3.8) is 0 Å². The Bertz CT molecular complexity index is 849. The van der Waals surface area contributed by atoms with Gasteiger partial charge in [0, 0.05) is 30.1 Å². The molecule has 0 amide bonds. The first-order valence-electron chi connectivity index (χ1n) is 9.15. The number of hydrogen-bond acceptors (Lipinski definition) is 4. The molecule has 134 valence electrons. The van der Waals surface area contributed by atoms with Crippen LogP contribution in [0.1, 0.15) is 43.0 Å². The molecule has 1 aliphatic heterocycles. The second-order valence-electron chi connectivity index (χ2n) is 6.81. The van der Waals surface area contributed by atoms with Gasteiger partial charge in [-0.15, -0.1) is 0 Å². The maximum atomic E-state index is 13.7. The minimum absolute atomic E-state index is 0.176. The van der Waals surface area contributed by atoms with Crippen LogP contribution in [0.2, 0.25) is 0 Å². The van der Waals surface area contributed by atoms with Crippen molar-refractivity contribution in [2.75, 3.05) is 6.54 Å². The van der Waals surface area contributed by atoms with Gasteiger partial charge < -0.3 is 4.52 Å². The van der Waals surface area contributed by atoms with Crippen molar-refractivity contribution in [3.8, 4) is 11.3 Å². The van der Waals surface area contributed by atoms with E-state index in [0.29, 0.717) is 6.54 Å². The average Bonchev–Trinajstić information content (AvgIpc) is 3.01. The first kappa shape index (κ1) is 16.9. The van der Waals surface area contributed by atoms with Gasteiger partial charge in [-0.25, -0.2) is 4.39 Å². The molecule has 1 fully saturated rings. The van der Waals surface area contributed by atoms with E-state index in [2.05, 4.69) is 15.0 Å².